The molecule has 4 heteroatoms. The minimum absolute atomic E-state index is 0.470. The van der Waals surface area contributed by atoms with E-state index in [9.17, 15) is 10.5 Å². The molecule has 0 saturated carbocycles. The molecule has 2 heterocycles. The van der Waals surface area contributed by atoms with E-state index in [2.05, 4.69) is 118 Å². The van der Waals surface area contributed by atoms with E-state index in [4.69, 9.17) is 0 Å². The Kier molecular flexibility index (Phi) is 5.22. The SMILES string of the molecule is N#Cc1cccc(C#N)c1-n1c2ccccc2c2cc3c(cc21)c1ccccc1n3-c1ccc(-c2ccccc2)cc1. The molecule has 8 rings (SSSR count). The molecule has 0 unspecified atom stereocenters. The smallest absolute Gasteiger partial charge is 0.101 e. The van der Waals surface area contributed by atoms with Crippen molar-refractivity contribution in [3.8, 4) is 34.6 Å². The maximum atomic E-state index is 10.0. The van der Waals surface area contributed by atoms with Crippen molar-refractivity contribution in [2.24, 2.45) is 0 Å². The first-order valence-electron chi connectivity index (χ1n) is 13.8. The van der Waals surface area contributed by atoms with Crippen LogP contribution in [0.15, 0.2) is 133 Å². The molecule has 0 bridgehead atoms. The van der Waals surface area contributed by atoms with Gasteiger partial charge < -0.3 is 9.13 Å². The molecule has 0 aliphatic heterocycles. The van der Waals surface area contributed by atoms with E-state index in [1.807, 2.05) is 18.2 Å². The van der Waals surface area contributed by atoms with Crippen molar-refractivity contribution in [2.45, 2.75) is 0 Å². The maximum Gasteiger partial charge on any atom is 0.101 e. The van der Waals surface area contributed by atoms with Gasteiger partial charge in [0.1, 0.15) is 12.1 Å². The molecule has 42 heavy (non-hydrogen) atoms. The zero-order valence-corrected chi connectivity index (χ0v) is 22.5. The van der Waals surface area contributed by atoms with Gasteiger partial charge in [-0.1, -0.05) is 84.9 Å². The lowest BCUT2D eigenvalue weighted by Crippen LogP contribution is -2.01. The molecule has 0 spiro atoms. The molecule has 0 aliphatic rings. The van der Waals surface area contributed by atoms with Crippen LogP contribution in [0.5, 0.6) is 0 Å². The van der Waals surface area contributed by atoms with E-state index in [1.54, 1.807) is 18.2 Å². The molecule has 4 nitrogen and oxygen atoms in total. The number of para-hydroxylation sites is 3. The van der Waals surface area contributed by atoms with Crippen LogP contribution in [-0.2, 0) is 0 Å². The fourth-order valence-corrected chi connectivity index (χ4v) is 6.35. The summed E-state index contributed by atoms with van der Waals surface area (Å²) in [5.74, 6) is 0. The van der Waals surface area contributed by atoms with Gasteiger partial charge in [-0.25, -0.2) is 0 Å². The zero-order chi connectivity index (χ0) is 28.2. The van der Waals surface area contributed by atoms with Gasteiger partial charge >= 0.3 is 0 Å². The highest BCUT2D eigenvalue weighted by molar-refractivity contribution is 6.19. The predicted molar refractivity (Wildman–Crippen MR) is 170 cm³/mol. The minimum atomic E-state index is 0.470. The van der Waals surface area contributed by atoms with Crippen molar-refractivity contribution >= 4 is 43.6 Å². The van der Waals surface area contributed by atoms with Crippen molar-refractivity contribution < 1.29 is 0 Å². The Morgan fingerprint density at radius 2 is 0.905 bits per heavy atom. The minimum Gasteiger partial charge on any atom is -0.309 e. The summed E-state index contributed by atoms with van der Waals surface area (Å²) in [7, 11) is 0. The Morgan fingerprint density at radius 3 is 1.50 bits per heavy atom. The Labute approximate surface area is 242 Å². The van der Waals surface area contributed by atoms with Gasteiger partial charge in [0.05, 0.1) is 38.9 Å². The highest BCUT2D eigenvalue weighted by atomic mass is 15.0. The zero-order valence-electron chi connectivity index (χ0n) is 22.5. The fourth-order valence-electron chi connectivity index (χ4n) is 6.35. The molecule has 0 radical (unpaired) electrons. The number of benzene rings is 6. The topological polar surface area (TPSA) is 57.4 Å². The predicted octanol–water partition coefficient (Wildman–Crippen LogP) is 9.29. The average molecular weight is 535 g/mol. The molecule has 0 aliphatic carbocycles. The summed E-state index contributed by atoms with van der Waals surface area (Å²) in [5.41, 5.74) is 9.17. The second-order valence-electron chi connectivity index (χ2n) is 10.4. The second kappa shape index (κ2) is 9.24. The number of hydrogen-bond donors (Lipinski definition) is 0. The number of hydrogen-bond acceptors (Lipinski definition) is 2. The lowest BCUT2D eigenvalue weighted by atomic mass is 10.1. The first-order valence-corrected chi connectivity index (χ1v) is 13.8. The van der Waals surface area contributed by atoms with Crippen LogP contribution < -0.4 is 0 Å². The summed E-state index contributed by atoms with van der Waals surface area (Å²) in [5, 5.41) is 24.5. The standard InChI is InChI=1S/C38H22N4/c39-23-27-11-8-12-28(24-40)38(27)42-35-16-7-5-14-31(35)33-21-36-32(22-37(33)42)30-13-4-6-15-34(30)41(36)29-19-17-26(18-20-29)25-9-2-1-3-10-25/h1-22H. The van der Waals surface area contributed by atoms with Crippen molar-refractivity contribution in [2.75, 3.05) is 0 Å². The van der Waals surface area contributed by atoms with Crippen LogP contribution in [0.4, 0.5) is 0 Å². The average Bonchev–Trinajstić information content (AvgIpc) is 3.55. The van der Waals surface area contributed by atoms with Gasteiger partial charge in [-0.3, -0.25) is 0 Å². The molecule has 6 aromatic carbocycles. The summed E-state index contributed by atoms with van der Waals surface area (Å²) >= 11 is 0. The van der Waals surface area contributed by atoms with Gasteiger partial charge in [0.15, 0.2) is 0 Å². The monoisotopic (exact) mass is 534 g/mol. The normalized spacial score (nSPS) is 11.3. The van der Waals surface area contributed by atoms with E-state index in [-0.39, 0.29) is 0 Å². The first-order chi connectivity index (χ1) is 20.8. The number of aromatic nitrogens is 2. The fraction of sp³-hybridized carbons (Fsp3) is 0. The van der Waals surface area contributed by atoms with E-state index >= 15 is 0 Å². The second-order valence-corrected chi connectivity index (χ2v) is 10.4. The molecule has 0 saturated heterocycles. The van der Waals surface area contributed by atoms with Crippen molar-refractivity contribution in [1.29, 1.82) is 10.5 Å². The largest absolute Gasteiger partial charge is 0.309 e. The summed E-state index contributed by atoms with van der Waals surface area (Å²) in [6.45, 7) is 0. The summed E-state index contributed by atoms with van der Waals surface area (Å²) in [4.78, 5) is 0. The summed E-state index contributed by atoms with van der Waals surface area (Å²) < 4.78 is 4.41. The van der Waals surface area contributed by atoms with E-state index in [1.165, 1.54) is 11.1 Å². The van der Waals surface area contributed by atoms with Crippen molar-refractivity contribution in [3.63, 3.8) is 0 Å². The van der Waals surface area contributed by atoms with Crippen LogP contribution in [0.25, 0.3) is 66.1 Å². The molecular weight excluding hydrogens is 512 g/mol. The third-order valence-corrected chi connectivity index (χ3v) is 8.20. The third kappa shape index (κ3) is 3.40. The molecule has 0 fully saturated rings. The molecule has 0 N–H and O–H groups in total. The van der Waals surface area contributed by atoms with E-state index in [0.29, 0.717) is 16.8 Å². The Balaban J connectivity index is 1.47. The van der Waals surface area contributed by atoms with E-state index < -0.39 is 0 Å². The van der Waals surface area contributed by atoms with Crippen LogP contribution in [0.1, 0.15) is 11.1 Å². The van der Waals surface area contributed by atoms with Gasteiger partial charge in [0.25, 0.3) is 0 Å². The van der Waals surface area contributed by atoms with Gasteiger partial charge in [-0.05, 0) is 59.7 Å². The lowest BCUT2D eigenvalue weighted by molar-refractivity contribution is 1.15. The van der Waals surface area contributed by atoms with Crippen LogP contribution in [0.2, 0.25) is 0 Å². The van der Waals surface area contributed by atoms with Gasteiger partial charge in [0.2, 0.25) is 0 Å². The number of nitriles is 2. The third-order valence-electron chi connectivity index (χ3n) is 8.20. The number of rotatable bonds is 3. The van der Waals surface area contributed by atoms with Gasteiger partial charge in [-0.2, -0.15) is 10.5 Å². The van der Waals surface area contributed by atoms with Gasteiger partial charge in [-0.15, -0.1) is 0 Å². The molecule has 8 aromatic rings. The Hall–Kier alpha value is -6.10. The number of nitrogens with zero attached hydrogens (tertiary/aromatic N) is 4. The maximum absolute atomic E-state index is 10.0. The van der Waals surface area contributed by atoms with Gasteiger partial charge in [0, 0.05) is 27.2 Å². The molecular formula is C38H22N4. The lowest BCUT2D eigenvalue weighted by Gasteiger charge is -2.12. The first kappa shape index (κ1) is 23.8. The quantitative estimate of drug-likeness (QED) is 0.227. The summed E-state index contributed by atoms with van der Waals surface area (Å²) in [6, 6.07) is 50.3. The van der Waals surface area contributed by atoms with Crippen molar-refractivity contribution in [1.82, 2.24) is 9.13 Å². The summed E-state index contributed by atoms with van der Waals surface area (Å²) in [6.07, 6.45) is 0. The Bertz CT molecular complexity index is 2380. The molecule has 0 amide bonds. The highest BCUT2D eigenvalue weighted by Gasteiger charge is 2.21. The molecule has 0 atom stereocenters. The molecule has 194 valence electrons. The van der Waals surface area contributed by atoms with Crippen LogP contribution in [-0.4, -0.2) is 9.13 Å². The van der Waals surface area contributed by atoms with Crippen LogP contribution in [0.3, 0.4) is 0 Å². The van der Waals surface area contributed by atoms with Crippen molar-refractivity contribution in [3.05, 3.63) is 145 Å². The van der Waals surface area contributed by atoms with Crippen LogP contribution in [0, 0.1) is 22.7 Å². The molecule has 2 aromatic heterocycles. The Morgan fingerprint density at radius 1 is 0.405 bits per heavy atom. The number of fused-ring (bicyclic) bond motifs is 6. The van der Waals surface area contributed by atoms with E-state index in [0.717, 1.165) is 49.3 Å². The van der Waals surface area contributed by atoms with Crippen LogP contribution >= 0.6 is 0 Å². The highest BCUT2D eigenvalue weighted by Crippen LogP contribution is 2.40.